The summed E-state index contributed by atoms with van der Waals surface area (Å²) in [6.07, 6.45) is 2.69. The molecule has 0 aliphatic carbocycles. The number of hydrogen-bond donors (Lipinski definition) is 2. The average molecular weight is 289 g/mol. The molecule has 6 nitrogen and oxygen atoms in total. The number of nitrogens with two attached hydrogens (primary N) is 1. The lowest BCUT2D eigenvalue weighted by molar-refractivity contribution is 0.141. The van der Waals surface area contributed by atoms with Crippen LogP contribution in [0.3, 0.4) is 0 Å². The molecule has 0 radical (unpaired) electrons. The Morgan fingerprint density at radius 1 is 1.24 bits per heavy atom. The second kappa shape index (κ2) is 6.60. The fourth-order valence-corrected chi connectivity index (χ4v) is 2.27. The van der Waals surface area contributed by atoms with Gasteiger partial charge in [0.2, 0.25) is 6.79 Å². The van der Waals surface area contributed by atoms with Crippen molar-refractivity contribution in [3.8, 4) is 11.5 Å². The van der Waals surface area contributed by atoms with E-state index < -0.39 is 0 Å². The van der Waals surface area contributed by atoms with Crippen LogP contribution in [0.4, 0.5) is 5.82 Å². The molecule has 2 aromatic rings. The van der Waals surface area contributed by atoms with E-state index in [0.29, 0.717) is 19.8 Å². The summed E-state index contributed by atoms with van der Waals surface area (Å²) in [6.45, 7) is 2.94. The molecular weight excluding hydrogens is 270 g/mol. The van der Waals surface area contributed by atoms with E-state index in [1.54, 1.807) is 6.20 Å². The fourth-order valence-electron chi connectivity index (χ4n) is 2.27. The molecule has 0 saturated carbocycles. The monoisotopic (exact) mass is 289 g/mol. The van der Waals surface area contributed by atoms with Crippen LogP contribution >= 0.6 is 0 Å². The van der Waals surface area contributed by atoms with Gasteiger partial charge in [-0.25, -0.2) is 4.98 Å². The van der Waals surface area contributed by atoms with Gasteiger partial charge in [0.25, 0.3) is 0 Å². The van der Waals surface area contributed by atoms with E-state index in [-0.39, 0.29) is 6.79 Å². The third-order valence-electron chi connectivity index (χ3n) is 3.28. The van der Waals surface area contributed by atoms with E-state index in [1.165, 1.54) is 0 Å². The van der Waals surface area contributed by atoms with Crippen molar-refractivity contribution in [2.24, 2.45) is 5.73 Å². The SMILES string of the molecule is NCCOCCCNc1nccc2cc3c(cc12)OCO3. The molecule has 21 heavy (non-hydrogen) atoms. The van der Waals surface area contributed by atoms with Crippen molar-refractivity contribution >= 4 is 16.6 Å². The number of ether oxygens (including phenoxy) is 3. The molecule has 0 amide bonds. The van der Waals surface area contributed by atoms with E-state index in [9.17, 15) is 0 Å². The zero-order valence-corrected chi connectivity index (χ0v) is 11.8. The van der Waals surface area contributed by atoms with Gasteiger partial charge in [0.1, 0.15) is 5.82 Å². The second-order valence-electron chi connectivity index (χ2n) is 4.77. The van der Waals surface area contributed by atoms with Crippen LogP contribution in [0.2, 0.25) is 0 Å². The Balaban J connectivity index is 1.67. The number of nitrogens with zero attached hydrogens (tertiary/aromatic N) is 1. The zero-order valence-electron chi connectivity index (χ0n) is 11.8. The lowest BCUT2D eigenvalue weighted by Crippen LogP contribution is -2.11. The maximum absolute atomic E-state index is 5.42. The van der Waals surface area contributed by atoms with Crippen LogP contribution in [0.1, 0.15) is 6.42 Å². The Morgan fingerprint density at radius 3 is 2.95 bits per heavy atom. The van der Waals surface area contributed by atoms with Crippen molar-refractivity contribution < 1.29 is 14.2 Å². The highest BCUT2D eigenvalue weighted by molar-refractivity contribution is 5.94. The van der Waals surface area contributed by atoms with Gasteiger partial charge in [-0.3, -0.25) is 0 Å². The third kappa shape index (κ3) is 3.17. The Labute approximate surface area is 123 Å². The highest BCUT2D eigenvalue weighted by atomic mass is 16.7. The van der Waals surface area contributed by atoms with Gasteiger partial charge in [-0.05, 0) is 30.0 Å². The Kier molecular flexibility index (Phi) is 4.37. The standard InChI is InChI=1S/C15H19N3O3/c16-3-7-19-6-1-4-17-15-12-9-14-13(20-10-21-14)8-11(12)2-5-18-15/h2,5,8-9H,1,3-4,6-7,10,16H2,(H,17,18). The minimum absolute atomic E-state index is 0.278. The Morgan fingerprint density at radius 2 is 2.10 bits per heavy atom. The number of anilines is 1. The lowest BCUT2D eigenvalue weighted by Gasteiger charge is -2.09. The largest absolute Gasteiger partial charge is 0.454 e. The summed E-state index contributed by atoms with van der Waals surface area (Å²) in [5.41, 5.74) is 5.37. The molecular formula is C15H19N3O3. The van der Waals surface area contributed by atoms with Crippen LogP contribution in [-0.4, -0.2) is 38.1 Å². The lowest BCUT2D eigenvalue weighted by atomic mass is 10.1. The predicted octanol–water partition coefficient (Wildman–Crippen LogP) is 1.74. The molecule has 2 heterocycles. The molecule has 3 rings (SSSR count). The van der Waals surface area contributed by atoms with Crippen LogP contribution in [-0.2, 0) is 4.74 Å². The van der Waals surface area contributed by atoms with Crippen molar-refractivity contribution in [2.75, 3.05) is 38.4 Å². The summed E-state index contributed by atoms with van der Waals surface area (Å²) in [4.78, 5) is 4.40. The first-order chi connectivity index (χ1) is 10.4. The van der Waals surface area contributed by atoms with Crippen LogP contribution in [0.15, 0.2) is 24.4 Å². The molecule has 1 aliphatic heterocycles. The van der Waals surface area contributed by atoms with Gasteiger partial charge < -0.3 is 25.3 Å². The highest BCUT2D eigenvalue weighted by Crippen LogP contribution is 2.37. The number of hydrogen-bond acceptors (Lipinski definition) is 6. The molecule has 0 bridgehead atoms. The molecule has 6 heteroatoms. The van der Waals surface area contributed by atoms with E-state index in [2.05, 4.69) is 10.3 Å². The predicted molar refractivity (Wildman–Crippen MR) is 80.8 cm³/mol. The summed E-state index contributed by atoms with van der Waals surface area (Å²) >= 11 is 0. The molecule has 1 aliphatic rings. The van der Waals surface area contributed by atoms with Crippen LogP contribution in [0, 0.1) is 0 Å². The van der Waals surface area contributed by atoms with Gasteiger partial charge in [0.15, 0.2) is 11.5 Å². The zero-order chi connectivity index (χ0) is 14.5. The minimum Gasteiger partial charge on any atom is -0.454 e. The molecule has 3 N–H and O–H groups in total. The normalized spacial score (nSPS) is 12.8. The molecule has 112 valence electrons. The first-order valence-electron chi connectivity index (χ1n) is 7.08. The molecule has 0 spiro atoms. The molecule has 0 saturated heterocycles. The topological polar surface area (TPSA) is 78.6 Å². The number of aromatic nitrogens is 1. The van der Waals surface area contributed by atoms with Crippen LogP contribution in [0.5, 0.6) is 11.5 Å². The summed E-state index contributed by atoms with van der Waals surface area (Å²) in [6, 6.07) is 5.92. The number of fused-ring (bicyclic) bond motifs is 2. The van der Waals surface area contributed by atoms with Crippen molar-refractivity contribution in [1.82, 2.24) is 4.98 Å². The summed E-state index contributed by atoms with van der Waals surface area (Å²) in [5.74, 6) is 2.41. The van der Waals surface area contributed by atoms with E-state index in [4.69, 9.17) is 19.9 Å². The van der Waals surface area contributed by atoms with Crippen molar-refractivity contribution in [1.29, 1.82) is 0 Å². The highest BCUT2D eigenvalue weighted by Gasteiger charge is 2.15. The molecule has 1 aromatic carbocycles. The first kappa shape index (κ1) is 13.9. The van der Waals surface area contributed by atoms with Crippen molar-refractivity contribution in [2.45, 2.75) is 6.42 Å². The van der Waals surface area contributed by atoms with E-state index in [1.807, 2.05) is 18.2 Å². The van der Waals surface area contributed by atoms with Crippen LogP contribution in [0.25, 0.3) is 10.8 Å². The smallest absolute Gasteiger partial charge is 0.231 e. The Bertz CT molecular complexity index is 618. The summed E-state index contributed by atoms with van der Waals surface area (Å²) in [7, 11) is 0. The van der Waals surface area contributed by atoms with E-state index in [0.717, 1.165) is 41.1 Å². The quantitative estimate of drug-likeness (QED) is 0.756. The van der Waals surface area contributed by atoms with Gasteiger partial charge >= 0.3 is 0 Å². The molecule has 0 unspecified atom stereocenters. The van der Waals surface area contributed by atoms with Gasteiger partial charge in [-0.1, -0.05) is 0 Å². The van der Waals surface area contributed by atoms with Crippen LogP contribution < -0.4 is 20.5 Å². The van der Waals surface area contributed by atoms with Crippen molar-refractivity contribution in [3.05, 3.63) is 24.4 Å². The third-order valence-corrected chi connectivity index (χ3v) is 3.28. The first-order valence-corrected chi connectivity index (χ1v) is 7.08. The fraction of sp³-hybridized carbons (Fsp3) is 0.400. The Hall–Kier alpha value is -2.05. The molecule has 0 fully saturated rings. The van der Waals surface area contributed by atoms with Gasteiger partial charge in [0, 0.05) is 31.3 Å². The summed E-state index contributed by atoms with van der Waals surface area (Å²) < 4.78 is 16.2. The number of rotatable bonds is 7. The van der Waals surface area contributed by atoms with E-state index >= 15 is 0 Å². The van der Waals surface area contributed by atoms with Gasteiger partial charge in [-0.2, -0.15) is 0 Å². The average Bonchev–Trinajstić information content (AvgIpc) is 2.96. The maximum atomic E-state index is 5.42. The molecule has 1 aromatic heterocycles. The number of pyridine rings is 1. The van der Waals surface area contributed by atoms with Gasteiger partial charge in [0.05, 0.1) is 6.61 Å². The molecule has 0 atom stereocenters. The maximum Gasteiger partial charge on any atom is 0.231 e. The summed E-state index contributed by atoms with van der Waals surface area (Å²) in [5, 5.41) is 5.45. The van der Waals surface area contributed by atoms with Gasteiger partial charge in [-0.15, -0.1) is 0 Å². The number of nitrogens with one attached hydrogen (secondary N) is 1. The minimum atomic E-state index is 0.278. The van der Waals surface area contributed by atoms with Crippen molar-refractivity contribution in [3.63, 3.8) is 0 Å². The second-order valence-corrected chi connectivity index (χ2v) is 4.77. The number of benzene rings is 1.